The number of alkyl halides is 1. The Bertz CT molecular complexity index is 916. The van der Waals surface area contributed by atoms with Gasteiger partial charge < -0.3 is 19.5 Å². The van der Waals surface area contributed by atoms with E-state index in [9.17, 15) is 9.59 Å². The molecule has 1 amide bonds. The topological polar surface area (TPSA) is 73.9 Å². The number of nitrogens with one attached hydrogen (secondary N) is 1. The molecule has 0 aromatic heterocycles. The van der Waals surface area contributed by atoms with Gasteiger partial charge in [0, 0.05) is 25.5 Å². The summed E-state index contributed by atoms with van der Waals surface area (Å²) in [5.41, 5.74) is 2.32. The average molecular weight is 429 g/mol. The van der Waals surface area contributed by atoms with Crippen LogP contribution in [0.15, 0.2) is 48.5 Å². The zero-order valence-corrected chi connectivity index (χ0v) is 18.1. The SMILES string of the molecule is CC[C@H]1O[C@H](Oc2ccc(-c3cccc(C(=O)NC)c3)cc2)[C@@H](F)[C@@H](OC(C)=O)[C@@H]1C. The molecule has 0 saturated carbocycles. The van der Waals surface area contributed by atoms with E-state index in [0.29, 0.717) is 17.7 Å². The normalized spacial score (nSPS) is 25.5. The van der Waals surface area contributed by atoms with Crippen LogP contribution in [0.2, 0.25) is 0 Å². The average Bonchev–Trinajstić information content (AvgIpc) is 2.78. The summed E-state index contributed by atoms with van der Waals surface area (Å²) >= 11 is 0. The Hall–Kier alpha value is -2.93. The standard InChI is InChI=1S/C24H28FNO5/c1-5-20-14(2)22(29-15(3)27)21(25)24(31-20)30-19-11-9-16(10-12-19)17-7-6-8-18(13-17)23(28)26-4/h6-14,20-22,24H,5H2,1-4H3,(H,26,28)/t14-,20-,21+,22+,24+/m1/s1. The molecule has 166 valence electrons. The monoisotopic (exact) mass is 429 g/mol. The number of benzene rings is 2. The van der Waals surface area contributed by atoms with Gasteiger partial charge in [-0.2, -0.15) is 0 Å². The molecular formula is C24H28FNO5. The molecule has 0 spiro atoms. The summed E-state index contributed by atoms with van der Waals surface area (Å²) in [6.45, 7) is 5.01. The molecule has 2 aromatic carbocycles. The van der Waals surface area contributed by atoms with Gasteiger partial charge in [0.1, 0.15) is 11.9 Å². The van der Waals surface area contributed by atoms with E-state index in [4.69, 9.17) is 14.2 Å². The molecule has 6 nitrogen and oxygen atoms in total. The predicted octanol–water partition coefficient (Wildman–Crippen LogP) is 4.13. The van der Waals surface area contributed by atoms with Crippen LogP contribution in [0.25, 0.3) is 11.1 Å². The molecule has 0 radical (unpaired) electrons. The van der Waals surface area contributed by atoms with Crippen molar-refractivity contribution in [3.63, 3.8) is 0 Å². The van der Waals surface area contributed by atoms with Crippen molar-refractivity contribution in [3.05, 3.63) is 54.1 Å². The first-order chi connectivity index (χ1) is 14.8. The fourth-order valence-electron chi connectivity index (χ4n) is 3.80. The van der Waals surface area contributed by atoms with Gasteiger partial charge in [0.25, 0.3) is 5.91 Å². The largest absolute Gasteiger partial charge is 0.462 e. The van der Waals surface area contributed by atoms with Crippen molar-refractivity contribution in [2.24, 2.45) is 5.92 Å². The third-order valence-electron chi connectivity index (χ3n) is 5.48. The fourth-order valence-corrected chi connectivity index (χ4v) is 3.80. The van der Waals surface area contributed by atoms with Gasteiger partial charge in [0.05, 0.1) is 6.10 Å². The number of amides is 1. The maximum absolute atomic E-state index is 15.1. The minimum atomic E-state index is -1.61. The highest BCUT2D eigenvalue weighted by molar-refractivity contribution is 5.95. The highest BCUT2D eigenvalue weighted by Crippen LogP contribution is 2.33. The van der Waals surface area contributed by atoms with E-state index in [-0.39, 0.29) is 17.9 Å². The van der Waals surface area contributed by atoms with Crippen LogP contribution in [0.1, 0.15) is 37.6 Å². The maximum atomic E-state index is 15.1. The highest BCUT2D eigenvalue weighted by Gasteiger charge is 2.46. The van der Waals surface area contributed by atoms with Crippen LogP contribution in [-0.4, -0.2) is 43.6 Å². The Morgan fingerprint density at radius 1 is 1.13 bits per heavy atom. The van der Waals surface area contributed by atoms with Crippen LogP contribution in [-0.2, 0) is 14.3 Å². The minimum absolute atomic E-state index is 0.160. The van der Waals surface area contributed by atoms with Crippen molar-refractivity contribution in [1.82, 2.24) is 5.32 Å². The predicted molar refractivity (Wildman–Crippen MR) is 114 cm³/mol. The van der Waals surface area contributed by atoms with Gasteiger partial charge in [0.2, 0.25) is 6.29 Å². The molecule has 31 heavy (non-hydrogen) atoms. The van der Waals surface area contributed by atoms with Crippen LogP contribution < -0.4 is 10.1 Å². The number of carbonyl (C=O) groups excluding carboxylic acids is 2. The first-order valence-corrected chi connectivity index (χ1v) is 10.4. The molecule has 7 heteroatoms. The third kappa shape index (κ3) is 5.22. The summed E-state index contributed by atoms with van der Waals surface area (Å²) < 4.78 is 31.9. The first-order valence-electron chi connectivity index (χ1n) is 10.4. The Kier molecular flexibility index (Phi) is 7.28. The number of hydrogen-bond acceptors (Lipinski definition) is 5. The molecule has 1 N–H and O–H groups in total. The summed E-state index contributed by atoms with van der Waals surface area (Å²) in [5, 5.41) is 2.61. The lowest BCUT2D eigenvalue weighted by Crippen LogP contribution is -2.54. The first kappa shape index (κ1) is 22.7. The number of esters is 1. The zero-order chi connectivity index (χ0) is 22.5. The molecule has 1 fully saturated rings. The molecule has 0 bridgehead atoms. The Balaban J connectivity index is 1.75. The second-order valence-electron chi connectivity index (χ2n) is 7.63. The Labute approximate surface area is 181 Å². The lowest BCUT2D eigenvalue weighted by Gasteiger charge is -2.41. The summed E-state index contributed by atoms with van der Waals surface area (Å²) in [4.78, 5) is 23.3. The Morgan fingerprint density at radius 2 is 1.84 bits per heavy atom. The summed E-state index contributed by atoms with van der Waals surface area (Å²) in [6, 6.07) is 14.4. The van der Waals surface area contributed by atoms with E-state index < -0.39 is 24.5 Å². The molecule has 3 rings (SSSR count). The second-order valence-corrected chi connectivity index (χ2v) is 7.63. The molecule has 5 atom stereocenters. The quantitative estimate of drug-likeness (QED) is 0.699. The number of halogens is 1. The van der Waals surface area contributed by atoms with Crippen LogP contribution in [0, 0.1) is 5.92 Å². The van der Waals surface area contributed by atoms with Crippen molar-refractivity contribution >= 4 is 11.9 Å². The van der Waals surface area contributed by atoms with E-state index >= 15 is 4.39 Å². The maximum Gasteiger partial charge on any atom is 0.303 e. The number of carbonyl (C=O) groups is 2. The lowest BCUT2D eigenvalue weighted by molar-refractivity contribution is -0.243. The number of ether oxygens (including phenoxy) is 3. The minimum Gasteiger partial charge on any atom is -0.462 e. The lowest BCUT2D eigenvalue weighted by atomic mass is 9.90. The summed E-state index contributed by atoms with van der Waals surface area (Å²) in [6.07, 6.45) is -3.34. The van der Waals surface area contributed by atoms with Crippen LogP contribution >= 0.6 is 0 Å². The van der Waals surface area contributed by atoms with E-state index in [0.717, 1.165) is 11.1 Å². The molecular weight excluding hydrogens is 401 g/mol. The molecule has 1 saturated heterocycles. The fraction of sp³-hybridized carbons (Fsp3) is 0.417. The molecule has 0 aliphatic carbocycles. The van der Waals surface area contributed by atoms with E-state index in [1.54, 1.807) is 31.3 Å². The smallest absolute Gasteiger partial charge is 0.303 e. The van der Waals surface area contributed by atoms with Crippen molar-refractivity contribution in [3.8, 4) is 16.9 Å². The number of rotatable bonds is 6. The van der Waals surface area contributed by atoms with Crippen molar-refractivity contribution in [2.75, 3.05) is 7.05 Å². The van der Waals surface area contributed by atoms with E-state index in [1.165, 1.54) is 6.92 Å². The van der Waals surface area contributed by atoms with Gasteiger partial charge in [-0.3, -0.25) is 9.59 Å². The molecule has 1 aliphatic heterocycles. The second kappa shape index (κ2) is 9.92. The van der Waals surface area contributed by atoms with Gasteiger partial charge in [-0.15, -0.1) is 0 Å². The van der Waals surface area contributed by atoms with Crippen LogP contribution in [0.3, 0.4) is 0 Å². The van der Waals surface area contributed by atoms with Crippen molar-refractivity contribution in [2.45, 2.75) is 51.9 Å². The Morgan fingerprint density at radius 3 is 2.45 bits per heavy atom. The zero-order valence-electron chi connectivity index (χ0n) is 18.1. The van der Waals surface area contributed by atoms with Gasteiger partial charge in [-0.05, 0) is 41.8 Å². The molecule has 0 unspecified atom stereocenters. The molecule has 1 aliphatic rings. The van der Waals surface area contributed by atoms with E-state index in [1.807, 2.05) is 38.1 Å². The third-order valence-corrected chi connectivity index (χ3v) is 5.48. The molecule has 2 aromatic rings. The summed E-state index contributed by atoms with van der Waals surface area (Å²) in [5.74, 6) is -0.533. The van der Waals surface area contributed by atoms with Crippen molar-refractivity contribution in [1.29, 1.82) is 0 Å². The van der Waals surface area contributed by atoms with Gasteiger partial charge in [-0.1, -0.05) is 38.1 Å². The summed E-state index contributed by atoms with van der Waals surface area (Å²) in [7, 11) is 1.59. The molecule has 1 heterocycles. The van der Waals surface area contributed by atoms with Crippen LogP contribution in [0.5, 0.6) is 5.75 Å². The van der Waals surface area contributed by atoms with E-state index in [2.05, 4.69) is 5.32 Å². The number of hydrogen-bond donors (Lipinski definition) is 1. The van der Waals surface area contributed by atoms with Crippen LogP contribution in [0.4, 0.5) is 4.39 Å². The van der Waals surface area contributed by atoms with Crippen molar-refractivity contribution < 1.29 is 28.2 Å². The van der Waals surface area contributed by atoms with Gasteiger partial charge in [0.15, 0.2) is 6.17 Å². The van der Waals surface area contributed by atoms with Gasteiger partial charge in [-0.25, -0.2) is 4.39 Å². The highest BCUT2D eigenvalue weighted by atomic mass is 19.1. The van der Waals surface area contributed by atoms with Gasteiger partial charge >= 0.3 is 5.97 Å².